The molecule has 0 aliphatic rings. The topological polar surface area (TPSA) is 89.6 Å². The molecule has 6 heteroatoms. The molecule has 3 N–H and O–H groups in total. The van der Waals surface area contributed by atoms with E-state index in [1.165, 1.54) is 6.33 Å². The fraction of sp³-hybridized carbons (Fsp3) is 0.111. The lowest BCUT2D eigenvalue weighted by atomic mass is 10.3. The highest BCUT2D eigenvalue weighted by molar-refractivity contribution is 5.30. The lowest BCUT2D eigenvalue weighted by molar-refractivity contribution is 1.01. The van der Waals surface area contributed by atoms with Gasteiger partial charge in [0, 0.05) is 18.9 Å². The third-order valence-electron chi connectivity index (χ3n) is 1.76. The molecule has 76 valence electrons. The predicted octanol–water partition coefficient (Wildman–Crippen LogP) is 0.461. The number of hydrogen-bond donors (Lipinski definition) is 2. The highest BCUT2D eigenvalue weighted by Crippen LogP contribution is 2.02. The maximum absolute atomic E-state index is 5.41. The molecule has 0 atom stereocenters. The van der Waals surface area contributed by atoms with Crippen LogP contribution in [-0.2, 0) is 6.54 Å². The highest BCUT2D eigenvalue weighted by Gasteiger charge is 1.97. The first kappa shape index (κ1) is 9.32. The van der Waals surface area contributed by atoms with Gasteiger partial charge in [-0.2, -0.15) is 4.98 Å². The van der Waals surface area contributed by atoms with Gasteiger partial charge < -0.3 is 11.1 Å². The Labute approximate surface area is 86.6 Å². The Morgan fingerprint density at radius 1 is 1.33 bits per heavy atom. The summed E-state index contributed by atoms with van der Waals surface area (Å²) in [5.74, 6) is 0.671. The second kappa shape index (κ2) is 4.32. The second-order valence-electron chi connectivity index (χ2n) is 2.88. The van der Waals surface area contributed by atoms with E-state index in [-0.39, 0.29) is 5.95 Å². The number of aromatic nitrogens is 4. The first-order valence-corrected chi connectivity index (χ1v) is 4.42. The molecule has 2 aromatic heterocycles. The molecule has 0 amide bonds. The van der Waals surface area contributed by atoms with E-state index in [1.54, 1.807) is 12.4 Å². The lowest BCUT2D eigenvalue weighted by Crippen LogP contribution is -2.06. The van der Waals surface area contributed by atoms with E-state index in [0.717, 1.165) is 5.56 Å². The number of nitrogen functional groups attached to an aromatic ring is 1. The van der Waals surface area contributed by atoms with Crippen LogP contribution in [-0.4, -0.2) is 19.9 Å². The predicted molar refractivity (Wildman–Crippen MR) is 55.8 cm³/mol. The Hall–Kier alpha value is -2.24. The molecule has 15 heavy (non-hydrogen) atoms. The monoisotopic (exact) mass is 202 g/mol. The van der Waals surface area contributed by atoms with E-state index in [0.29, 0.717) is 12.5 Å². The lowest BCUT2D eigenvalue weighted by Gasteiger charge is -2.03. The molecule has 0 radical (unpaired) electrons. The van der Waals surface area contributed by atoms with E-state index in [1.807, 2.05) is 12.1 Å². The molecule has 0 spiro atoms. The zero-order chi connectivity index (χ0) is 10.5. The van der Waals surface area contributed by atoms with Crippen molar-refractivity contribution in [3.05, 3.63) is 36.4 Å². The number of rotatable bonds is 3. The minimum absolute atomic E-state index is 0.207. The van der Waals surface area contributed by atoms with Gasteiger partial charge in [-0.1, -0.05) is 6.07 Å². The van der Waals surface area contributed by atoms with Gasteiger partial charge in [-0.3, -0.25) is 4.98 Å². The molecule has 0 fully saturated rings. The normalized spacial score (nSPS) is 9.87. The van der Waals surface area contributed by atoms with Crippen molar-refractivity contribution in [2.75, 3.05) is 11.1 Å². The minimum atomic E-state index is 0.207. The quantitative estimate of drug-likeness (QED) is 0.751. The molecule has 0 aliphatic heterocycles. The number of nitrogens with one attached hydrogen (secondary N) is 1. The van der Waals surface area contributed by atoms with Crippen LogP contribution in [0.4, 0.5) is 11.9 Å². The molecular weight excluding hydrogens is 192 g/mol. The number of anilines is 2. The Kier molecular flexibility index (Phi) is 2.68. The van der Waals surface area contributed by atoms with Crippen LogP contribution in [0.15, 0.2) is 30.9 Å². The van der Waals surface area contributed by atoms with Gasteiger partial charge in [0.05, 0.1) is 0 Å². The Morgan fingerprint density at radius 2 is 2.27 bits per heavy atom. The van der Waals surface area contributed by atoms with Crippen LogP contribution in [0.3, 0.4) is 0 Å². The fourth-order valence-electron chi connectivity index (χ4n) is 1.08. The van der Waals surface area contributed by atoms with Gasteiger partial charge >= 0.3 is 0 Å². The summed E-state index contributed by atoms with van der Waals surface area (Å²) < 4.78 is 0. The van der Waals surface area contributed by atoms with Crippen LogP contribution in [0.5, 0.6) is 0 Å². The average Bonchev–Trinajstić information content (AvgIpc) is 2.28. The van der Waals surface area contributed by atoms with Crippen LogP contribution >= 0.6 is 0 Å². The average molecular weight is 202 g/mol. The van der Waals surface area contributed by atoms with Crippen molar-refractivity contribution in [3.63, 3.8) is 0 Å². The first-order chi connectivity index (χ1) is 7.34. The van der Waals surface area contributed by atoms with Crippen molar-refractivity contribution in [3.8, 4) is 0 Å². The summed E-state index contributed by atoms with van der Waals surface area (Å²) in [6.45, 7) is 0.608. The Bertz CT molecular complexity index is 430. The van der Waals surface area contributed by atoms with Gasteiger partial charge in [-0.25, -0.2) is 9.97 Å². The molecule has 0 unspecified atom stereocenters. The van der Waals surface area contributed by atoms with Crippen LogP contribution in [0.1, 0.15) is 5.56 Å². The maximum Gasteiger partial charge on any atom is 0.227 e. The van der Waals surface area contributed by atoms with Crippen LogP contribution in [0.2, 0.25) is 0 Å². The molecule has 0 aromatic carbocycles. The smallest absolute Gasteiger partial charge is 0.227 e. The van der Waals surface area contributed by atoms with Crippen molar-refractivity contribution in [2.24, 2.45) is 0 Å². The van der Waals surface area contributed by atoms with Gasteiger partial charge in [0.2, 0.25) is 11.9 Å². The van der Waals surface area contributed by atoms with Crippen molar-refractivity contribution >= 4 is 11.9 Å². The SMILES string of the molecule is Nc1ncnc(NCc2cccnc2)n1. The first-order valence-electron chi connectivity index (χ1n) is 4.42. The molecular formula is C9H10N6. The van der Waals surface area contributed by atoms with Crippen LogP contribution in [0.25, 0.3) is 0 Å². The highest BCUT2D eigenvalue weighted by atomic mass is 15.2. The molecule has 0 bridgehead atoms. The van der Waals surface area contributed by atoms with E-state index in [9.17, 15) is 0 Å². The standard InChI is InChI=1S/C9H10N6/c10-8-13-6-14-9(15-8)12-5-7-2-1-3-11-4-7/h1-4,6H,5H2,(H3,10,12,13,14,15). The summed E-state index contributed by atoms with van der Waals surface area (Å²) in [6.07, 6.45) is 4.87. The summed E-state index contributed by atoms with van der Waals surface area (Å²) in [5, 5.41) is 3.02. The number of hydrogen-bond acceptors (Lipinski definition) is 6. The van der Waals surface area contributed by atoms with E-state index in [2.05, 4.69) is 25.3 Å². The molecule has 0 saturated carbocycles. The van der Waals surface area contributed by atoms with E-state index < -0.39 is 0 Å². The Morgan fingerprint density at radius 3 is 3.00 bits per heavy atom. The zero-order valence-corrected chi connectivity index (χ0v) is 7.96. The van der Waals surface area contributed by atoms with Crippen molar-refractivity contribution in [1.29, 1.82) is 0 Å². The van der Waals surface area contributed by atoms with Crippen molar-refractivity contribution in [1.82, 2.24) is 19.9 Å². The third-order valence-corrected chi connectivity index (χ3v) is 1.76. The van der Waals surface area contributed by atoms with E-state index >= 15 is 0 Å². The maximum atomic E-state index is 5.41. The number of nitrogens with two attached hydrogens (primary N) is 1. The van der Waals surface area contributed by atoms with Gasteiger partial charge in [0.15, 0.2) is 0 Å². The number of nitrogens with zero attached hydrogens (tertiary/aromatic N) is 4. The molecule has 0 saturated heterocycles. The summed E-state index contributed by atoms with van der Waals surface area (Å²) in [7, 11) is 0. The van der Waals surface area contributed by atoms with Gasteiger partial charge in [0.25, 0.3) is 0 Å². The van der Waals surface area contributed by atoms with Crippen molar-refractivity contribution < 1.29 is 0 Å². The van der Waals surface area contributed by atoms with Crippen LogP contribution in [0, 0.1) is 0 Å². The van der Waals surface area contributed by atoms with Gasteiger partial charge in [-0.05, 0) is 11.6 Å². The molecule has 2 rings (SSSR count). The third kappa shape index (κ3) is 2.60. The zero-order valence-electron chi connectivity index (χ0n) is 7.96. The van der Waals surface area contributed by atoms with Crippen molar-refractivity contribution in [2.45, 2.75) is 6.54 Å². The molecule has 6 nitrogen and oxygen atoms in total. The summed E-state index contributed by atoms with van der Waals surface area (Å²) in [4.78, 5) is 15.5. The minimum Gasteiger partial charge on any atom is -0.368 e. The van der Waals surface area contributed by atoms with Gasteiger partial charge in [0.1, 0.15) is 6.33 Å². The molecule has 0 aliphatic carbocycles. The van der Waals surface area contributed by atoms with Gasteiger partial charge in [-0.15, -0.1) is 0 Å². The second-order valence-corrected chi connectivity index (χ2v) is 2.88. The summed E-state index contributed by atoms with van der Waals surface area (Å²) in [5.41, 5.74) is 6.47. The largest absolute Gasteiger partial charge is 0.368 e. The van der Waals surface area contributed by atoms with E-state index in [4.69, 9.17) is 5.73 Å². The Balaban J connectivity index is 1.99. The number of pyridine rings is 1. The summed E-state index contributed by atoms with van der Waals surface area (Å²) in [6, 6.07) is 3.84. The molecule has 2 heterocycles. The fourth-order valence-corrected chi connectivity index (χ4v) is 1.08. The van der Waals surface area contributed by atoms with Crippen LogP contribution < -0.4 is 11.1 Å². The summed E-state index contributed by atoms with van der Waals surface area (Å²) >= 11 is 0. The molecule has 2 aromatic rings.